The van der Waals surface area contributed by atoms with Gasteiger partial charge in [0, 0.05) is 12.3 Å². The summed E-state index contributed by atoms with van der Waals surface area (Å²) in [6.45, 7) is 4.09. The minimum Gasteiger partial charge on any atom is -0.465 e. The Kier molecular flexibility index (Phi) is 10.6. The molecule has 216 valence electrons. The van der Waals surface area contributed by atoms with E-state index in [0.29, 0.717) is 6.42 Å². The normalized spacial score (nSPS) is 25.1. The van der Waals surface area contributed by atoms with E-state index in [1.165, 1.54) is 19.1 Å². The number of rotatable bonds is 14. The van der Waals surface area contributed by atoms with E-state index < -0.39 is 61.7 Å². The van der Waals surface area contributed by atoms with E-state index in [1.54, 1.807) is 18.2 Å². The van der Waals surface area contributed by atoms with Gasteiger partial charge in [-0.1, -0.05) is 44.4 Å². The zero-order valence-corrected chi connectivity index (χ0v) is 23.0. The number of esters is 1. The van der Waals surface area contributed by atoms with E-state index in [9.17, 15) is 24.1 Å². The first-order valence-corrected chi connectivity index (χ1v) is 14.3. The van der Waals surface area contributed by atoms with Crippen molar-refractivity contribution in [2.45, 2.75) is 76.6 Å². The van der Waals surface area contributed by atoms with Gasteiger partial charge in [0.15, 0.2) is 11.9 Å². The van der Waals surface area contributed by atoms with Crippen LogP contribution in [0.25, 0.3) is 0 Å². The van der Waals surface area contributed by atoms with Gasteiger partial charge < -0.3 is 19.1 Å². The lowest BCUT2D eigenvalue weighted by Crippen LogP contribution is -2.43. The Morgan fingerprint density at radius 2 is 1.97 bits per heavy atom. The molecule has 3 rings (SSSR count). The number of aliphatic hydroxyl groups is 1. The van der Waals surface area contributed by atoms with E-state index in [4.69, 9.17) is 18.5 Å². The van der Waals surface area contributed by atoms with Crippen molar-refractivity contribution >= 4 is 13.7 Å². The fourth-order valence-corrected chi connectivity index (χ4v) is 5.46. The third-order valence-electron chi connectivity index (χ3n) is 6.15. The van der Waals surface area contributed by atoms with Crippen LogP contribution in [0.1, 0.15) is 52.7 Å². The maximum atomic E-state index is 15.5. The molecular weight excluding hydrogens is 536 g/mol. The van der Waals surface area contributed by atoms with Gasteiger partial charge in [-0.25, -0.2) is 13.8 Å². The second-order valence-corrected chi connectivity index (χ2v) is 11.1. The molecule has 0 amide bonds. The number of hydrogen-bond acceptors (Lipinski definition) is 9. The number of benzene rings is 1. The Hall–Kier alpha value is -2.83. The van der Waals surface area contributed by atoms with Crippen molar-refractivity contribution in [3.05, 3.63) is 63.4 Å². The predicted molar refractivity (Wildman–Crippen MR) is 139 cm³/mol. The van der Waals surface area contributed by atoms with E-state index in [0.717, 1.165) is 43.0 Å². The number of unbranched alkanes of at least 4 members (excludes halogenated alkanes) is 3. The second kappa shape index (κ2) is 13.5. The summed E-state index contributed by atoms with van der Waals surface area (Å²) in [5, 5.41) is 13.1. The molecule has 0 aliphatic carbocycles. The van der Waals surface area contributed by atoms with Gasteiger partial charge in [-0.15, -0.1) is 0 Å². The molecule has 0 radical (unpaired) electrons. The zero-order chi connectivity index (χ0) is 28.6. The van der Waals surface area contributed by atoms with Crippen LogP contribution in [-0.2, 0) is 23.4 Å². The summed E-state index contributed by atoms with van der Waals surface area (Å²) in [4.78, 5) is 38.0. The summed E-state index contributed by atoms with van der Waals surface area (Å²) in [5.41, 5.74) is -4.11. The smallest absolute Gasteiger partial charge is 0.459 e. The first kappa shape index (κ1) is 30.7. The molecule has 0 bridgehead atoms. The molecule has 1 unspecified atom stereocenters. The molecule has 3 N–H and O–H groups in total. The molecule has 1 aromatic carbocycles. The highest BCUT2D eigenvalue weighted by atomic mass is 31.2. The highest BCUT2D eigenvalue weighted by molar-refractivity contribution is 7.52. The number of aliphatic hydroxyl groups excluding tert-OH is 1. The van der Waals surface area contributed by atoms with Crippen LogP contribution in [0.3, 0.4) is 0 Å². The van der Waals surface area contributed by atoms with Gasteiger partial charge in [0.1, 0.15) is 24.0 Å². The van der Waals surface area contributed by atoms with Crippen LogP contribution < -0.4 is 20.9 Å². The van der Waals surface area contributed by atoms with Crippen LogP contribution in [-0.4, -0.2) is 57.8 Å². The van der Waals surface area contributed by atoms with Crippen LogP contribution in [0.4, 0.5) is 4.39 Å². The maximum absolute atomic E-state index is 15.5. The van der Waals surface area contributed by atoms with Gasteiger partial charge >= 0.3 is 19.4 Å². The van der Waals surface area contributed by atoms with Gasteiger partial charge in [-0.05, 0) is 32.4 Å². The lowest BCUT2D eigenvalue weighted by Gasteiger charge is -2.25. The SMILES string of the molecule is CCCCCCOC(=O)[C@H](C)NP(=O)(OC[C@H]1O[C@@H](n2ccc(=O)[nH]c2=O)[C@@](C)(F)[C@@H]1O)Oc1ccccc1. The van der Waals surface area contributed by atoms with Crippen LogP contribution in [0, 0.1) is 0 Å². The van der Waals surface area contributed by atoms with E-state index in [-0.39, 0.29) is 12.4 Å². The molecule has 1 fully saturated rings. The van der Waals surface area contributed by atoms with Gasteiger partial charge in [0.2, 0.25) is 0 Å². The van der Waals surface area contributed by atoms with Crippen molar-refractivity contribution in [2.24, 2.45) is 0 Å². The second-order valence-electron chi connectivity index (χ2n) is 9.42. The largest absolute Gasteiger partial charge is 0.465 e. The maximum Gasteiger partial charge on any atom is 0.459 e. The van der Waals surface area contributed by atoms with Crippen LogP contribution in [0.2, 0.25) is 0 Å². The van der Waals surface area contributed by atoms with Crippen LogP contribution in [0.15, 0.2) is 52.2 Å². The number of nitrogens with zero attached hydrogens (tertiary/aromatic N) is 1. The molecule has 2 aromatic rings. The minimum atomic E-state index is -4.31. The van der Waals surface area contributed by atoms with Crippen LogP contribution in [0.5, 0.6) is 5.75 Å². The predicted octanol–water partition coefficient (Wildman–Crippen LogP) is 2.83. The first-order valence-electron chi connectivity index (χ1n) is 12.7. The third-order valence-corrected chi connectivity index (χ3v) is 7.79. The first-order chi connectivity index (χ1) is 18.5. The van der Waals surface area contributed by atoms with Crippen molar-refractivity contribution < 1.29 is 37.4 Å². The van der Waals surface area contributed by atoms with Crippen molar-refractivity contribution in [2.75, 3.05) is 13.2 Å². The summed E-state index contributed by atoms with van der Waals surface area (Å²) in [7, 11) is -4.31. The highest BCUT2D eigenvalue weighted by Gasteiger charge is 2.55. The molecule has 1 saturated heterocycles. The number of carbonyl (C=O) groups excluding carboxylic acids is 1. The van der Waals surface area contributed by atoms with Gasteiger partial charge in [-0.3, -0.25) is 23.7 Å². The Morgan fingerprint density at radius 3 is 2.64 bits per heavy atom. The van der Waals surface area contributed by atoms with Crippen molar-refractivity contribution in [3.8, 4) is 5.75 Å². The molecule has 2 heterocycles. The Bertz CT molecular complexity index is 1250. The topological polar surface area (TPSA) is 158 Å². The third kappa shape index (κ3) is 8.09. The molecule has 1 aliphatic rings. The van der Waals surface area contributed by atoms with Gasteiger partial charge in [0.25, 0.3) is 5.56 Å². The summed E-state index contributed by atoms with van der Waals surface area (Å²) < 4.78 is 51.9. The molecule has 39 heavy (non-hydrogen) atoms. The zero-order valence-electron chi connectivity index (χ0n) is 22.1. The molecule has 0 spiro atoms. The average Bonchev–Trinajstić information content (AvgIpc) is 3.11. The van der Waals surface area contributed by atoms with Gasteiger partial charge in [0.05, 0.1) is 13.2 Å². The molecule has 12 nitrogen and oxygen atoms in total. The number of halogens is 1. The quantitative estimate of drug-likeness (QED) is 0.175. The average molecular weight is 572 g/mol. The number of alkyl halides is 1. The van der Waals surface area contributed by atoms with Crippen molar-refractivity contribution in [1.29, 1.82) is 0 Å². The molecular formula is C25H35FN3O9P. The van der Waals surface area contributed by atoms with E-state index in [2.05, 4.69) is 12.0 Å². The van der Waals surface area contributed by atoms with Gasteiger partial charge in [-0.2, -0.15) is 5.09 Å². The molecule has 0 saturated carbocycles. The lowest BCUT2D eigenvalue weighted by molar-refractivity contribution is -0.145. The number of hydrogen-bond donors (Lipinski definition) is 3. The van der Waals surface area contributed by atoms with E-state index >= 15 is 4.39 Å². The summed E-state index contributed by atoms with van der Waals surface area (Å²) in [6, 6.07) is 7.94. The number of carbonyl (C=O) groups is 1. The standard InChI is InChI=1S/C25H35FN3O9P/c1-4-5-6-10-15-35-22(32)17(2)28-39(34,38-18-11-8-7-9-12-18)36-16-19-21(31)25(3,26)23(37-19)29-14-13-20(30)27-24(29)33/h7-9,11-14,17,19,21,23,31H,4-6,10,15-16H2,1-3H3,(H,28,34)(H,27,30,33)/t17-,19+,21+,23+,25-,39?/m0/s1. The summed E-state index contributed by atoms with van der Waals surface area (Å²) in [6.07, 6.45) is -0.116. The van der Waals surface area contributed by atoms with Crippen molar-refractivity contribution in [3.63, 3.8) is 0 Å². The summed E-state index contributed by atoms with van der Waals surface area (Å²) >= 11 is 0. The fraction of sp³-hybridized carbons (Fsp3) is 0.560. The van der Waals surface area contributed by atoms with Crippen molar-refractivity contribution in [1.82, 2.24) is 14.6 Å². The Morgan fingerprint density at radius 1 is 1.26 bits per heavy atom. The number of para-hydroxylation sites is 1. The minimum absolute atomic E-state index is 0.161. The number of H-pyrrole nitrogens is 1. The van der Waals surface area contributed by atoms with E-state index in [1.807, 2.05) is 4.98 Å². The number of aromatic amines is 1. The molecule has 1 aliphatic heterocycles. The fourth-order valence-electron chi connectivity index (χ4n) is 3.96. The Balaban J connectivity index is 1.72. The number of ether oxygens (including phenoxy) is 2. The number of nitrogens with one attached hydrogen (secondary N) is 2. The molecule has 6 atom stereocenters. The molecule has 14 heteroatoms. The summed E-state index contributed by atoms with van der Waals surface area (Å²) in [5.74, 6) is -0.507. The highest BCUT2D eigenvalue weighted by Crippen LogP contribution is 2.47. The van der Waals surface area contributed by atoms with Crippen LogP contribution >= 0.6 is 7.75 Å². The number of aromatic nitrogens is 2. The Labute approximate surface area is 225 Å². The lowest BCUT2D eigenvalue weighted by atomic mass is 9.98. The molecule has 1 aromatic heterocycles. The monoisotopic (exact) mass is 571 g/mol.